The van der Waals surface area contributed by atoms with Crippen molar-refractivity contribution in [1.82, 2.24) is 15.0 Å². The minimum atomic E-state index is -4.14. The smallest absolute Gasteiger partial charge is 0.266 e. The second kappa shape index (κ2) is 8.28. The molecular formula is C16H14BrClF2N4O4S. The molecule has 3 rings (SSSR count). The van der Waals surface area contributed by atoms with Gasteiger partial charge in [0.05, 0.1) is 34.8 Å². The molecule has 0 fully saturated rings. The first-order valence-corrected chi connectivity index (χ1v) is 10.6. The number of rotatable bonds is 7. The summed E-state index contributed by atoms with van der Waals surface area (Å²) in [5.74, 6) is -0.828. The number of fused-ring (bicyclic) bond motifs is 1. The van der Waals surface area contributed by atoms with E-state index in [1.54, 1.807) is 12.1 Å². The van der Waals surface area contributed by atoms with Crippen molar-refractivity contribution in [3.8, 4) is 11.8 Å². The lowest BCUT2D eigenvalue weighted by Crippen LogP contribution is -2.16. The van der Waals surface area contributed by atoms with Crippen LogP contribution in [0.25, 0.3) is 10.9 Å². The van der Waals surface area contributed by atoms with Crippen molar-refractivity contribution in [2.24, 2.45) is 0 Å². The molecule has 0 aliphatic carbocycles. The van der Waals surface area contributed by atoms with Crippen LogP contribution in [-0.2, 0) is 16.4 Å². The molecule has 0 atom stereocenters. The third kappa shape index (κ3) is 4.23. The van der Waals surface area contributed by atoms with E-state index in [2.05, 4.69) is 35.6 Å². The predicted molar refractivity (Wildman–Crippen MR) is 107 cm³/mol. The largest absolute Gasteiger partial charge is 0.481 e. The summed E-state index contributed by atoms with van der Waals surface area (Å²) in [4.78, 5) is 10.5. The van der Waals surface area contributed by atoms with Gasteiger partial charge < -0.3 is 14.5 Å². The van der Waals surface area contributed by atoms with Crippen molar-refractivity contribution in [2.45, 2.75) is 17.7 Å². The van der Waals surface area contributed by atoms with Gasteiger partial charge in [-0.1, -0.05) is 11.6 Å². The Morgan fingerprint density at radius 1 is 1.24 bits per heavy atom. The van der Waals surface area contributed by atoms with E-state index < -0.39 is 22.9 Å². The van der Waals surface area contributed by atoms with Crippen molar-refractivity contribution < 1.29 is 26.7 Å². The highest BCUT2D eigenvalue weighted by molar-refractivity contribution is 9.10. The molecule has 0 unspecified atom stereocenters. The Morgan fingerprint density at radius 3 is 2.41 bits per heavy atom. The minimum Gasteiger partial charge on any atom is -0.481 e. The molecule has 0 bridgehead atoms. The van der Waals surface area contributed by atoms with Crippen molar-refractivity contribution in [3.05, 3.63) is 33.4 Å². The zero-order valence-corrected chi connectivity index (χ0v) is 18.1. The van der Waals surface area contributed by atoms with E-state index in [0.29, 0.717) is 20.4 Å². The highest BCUT2D eigenvalue weighted by Crippen LogP contribution is 2.35. The number of ether oxygens (including phenoxy) is 2. The molecule has 29 heavy (non-hydrogen) atoms. The van der Waals surface area contributed by atoms with Crippen LogP contribution in [0.2, 0.25) is 5.02 Å². The van der Waals surface area contributed by atoms with Gasteiger partial charge in [0.2, 0.25) is 24.1 Å². The Bertz CT molecular complexity index is 1150. The van der Waals surface area contributed by atoms with Crippen LogP contribution in [0.1, 0.15) is 5.56 Å². The number of hydrogen-bond donors (Lipinski definition) is 2. The average molecular weight is 512 g/mol. The molecule has 2 heterocycles. The van der Waals surface area contributed by atoms with Gasteiger partial charge in [0.15, 0.2) is 0 Å². The first-order chi connectivity index (χ1) is 13.7. The zero-order chi connectivity index (χ0) is 21.3. The van der Waals surface area contributed by atoms with E-state index in [9.17, 15) is 17.2 Å². The molecule has 3 aromatic rings. The number of halogens is 4. The fourth-order valence-electron chi connectivity index (χ4n) is 2.67. The quantitative estimate of drug-likeness (QED) is 0.497. The van der Waals surface area contributed by atoms with Crippen LogP contribution >= 0.6 is 27.5 Å². The summed E-state index contributed by atoms with van der Waals surface area (Å²) in [5, 5.41) is 0.783. The van der Waals surface area contributed by atoms with Gasteiger partial charge in [0, 0.05) is 18.0 Å². The molecule has 156 valence electrons. The van der Waals surface area contributed by atoms with Gasteiger partial charge >= 0.3 is 0 Å². The van der Waals surface area contributed by atoms with E-state index in [4.69, 9.17) is 21.1 Å². The molecule has 2 aromatic heterocycles. The molecule has 0 aliphatic heterocycles. The summed E-state index contributed by atoms with van der Waals surface area (Å²) in [6.07, 6.45) is -2.12. The number of H-pyrrole nitrogens is 1. The molecule has 0 spiro atoms. The number of hydrogen-bond acceptors (Lipinski definition) is 6. The fraction of sp³-hybridized carbons (Fsp3) is 0.250. The normalized spacial score (nSPS) is 11.8. The van der Waals surface area contributed by atoms with E-state index in [1.807, 2.05) is 0 Å². The van der Waals surface area contributed by atoms with Crippen LogP contribution in [0, 0.1) is 0 Å². The van der Waals surface area contributed by atoms with Crippen LogP contribution in [0.5, 0.6) is 11.8 Å². The summed E-state index contributed by atoms with van der Waals surface area (Å²) in [6.45, 7) is 0. The summed E-state index contributed by atoms with van der Waals surface area (Å²) in [5.41, 5.74) is 0.417. The average Bonchev–Trinajstić information content (AvgIpc) is 3.10. The highest BCUT2D eigenvalue weighted by Gasteiger charge is 2.25. The van der Waals surface area contributed by atoms with E-state index in [1.165, 1.54) is 20.4 Å². The molecule has 0 amide bonds. The van der Waals surface area contributed by atoms with E-state index in [0.717, 1.165) is 0 Å². The van der Waals surface area contributed by atoms with Crippen LogP contribution in [-0.4, -0.2) is 44.0 Å². The number of benzene rings is 1. The second-order valence-electron chi connectivity index (χ2n) is 5.68. The van der Waals surface area contributed by atoms with E-state index in [-0.39, 0.29) is 28.2 Å². The van der Waals surface area contributed by atoms with Crippen molar-refractivity contribution in [3.63, 3.8) is 0 Å². The van der Waals surface area contributed by atoms with Gasteiger partial charge in [-0.2, -0.15) is 9.97 Å². The molecule has 0 aliphatic rings. The first kappa shape index (κ1) is 21.5. The molecule has 1 aromatic carbocycles. The zero-order valence-electron chi connectivity index (χ0n) is 15.0. The monoisotopic (exact) mass is 510 g/mol. The maximum Gasteiger partial charge on any atom is 0.266 e. The molecule has 2 N–H and O–H groups in total. The Labute approximate surface area is 177 Å². The third-order valence-corrected chi connectivity index (χ3v) is 6.63. The van der Waals surface area contributed by atoms with Crippen LogP contribution in [0.4, 0.5) is 14.7 Å². The lowest BCUT2D eigenvalue weighted by atomic mass is 10.2. The van der Waals surface area contributed by atoms with Gasteiger partial charge in [-0.15, -0.1) is 0 Å². The highest BCUT2D eigenvalue weighted by atomic mass is 79.9. The topological polar surface area (TPSA) is 106 Å². The van der Waals surface area contributed by atoms with Gasteiger partial charge in [0.1, 0.15) is 4.90 Å². The van der Waals surface area contributed by atoms with Gasteiger partial charge in [0.25, 0.3) is 10.0 Å². The molecular weight excluding hydrogens is 498 g/mol. The van der Waals surface area contributed by atoms with Crippen molar-refractivity contribution >= 4 is 54.4 Å². The molecule has 0 saturated carbocycles. The van der Waals surface area contributed by atoms with Gasteiger partial charge in [-0.3, -0.25) is 0 Å². The standard InChI is InChI=1S/C16H14BrClF2N4O4S/c1-27-14-8(5-11(19)20)15(28-2)23-16(22-14)24-29(25,26)10-6-21-13-7(10)3-4-9(18)12(13)17/h3-4,6,11,21H,5H2,1-2H3,(H,22,23,24). The second-order valence-corrected chi connectivity index (χ2v) is 8.53. The maximum absolute atomic E-state index is 12.9. The first-order valence-electron chi connectivity index (χ1n) is 7.92. The number of alkyl halides is 2. The summed E-state index contributed by atoms with van der Waals surface area (Å²) in [6, 6.07) is 3.09. The number of sulfonamides is 1. The van der Waals surface area contributed by atoms with Crippen LogP contribution in [0.3, 0.4) is 0 Å². The number of anilines is 1. The Morgan fingerprint density at radius 2 is 1.86 bits per heavy atom. The number of nitrogens with zero attached hydrogens (tertiary/aromatic N) is 2. The lowest BCUT2D eigenvalue weighted by molar-refractivity contribution is 0.146. The maximum atomic E-state index is 12.9. The van der Waals surface area contributed by atoms with Gasteiger partial charge in [-0.25, -0.2) is 21.9 Å². The van der Waals surface area contributed by atoms with Gasteiger partial charge in [-0.05, 0) is 28.1 Å². The molecule has 0 saturated heterocycles. The van der Waals surface area contributed by atoms with E-state index >= 15 is 0 Å². The fourth-order valence-corrected chi connectivity index (χ4v) is 4.40. The minimum absolute atomic E-state index is 0.0707. The number of nitrogens with one attached hydrogen (secondary N) is 2. The Kier molecular flexibility index (Phi) is 6.15. The summed E-state index contributed by atoms with van der Waals surface area (Å²) >= 11 is 9.32. The van der Waals surface area contributed by atoms with Crippen LogP contribution in [0.15, 0.2) is 27.7 Å². The Hall–Kier alpha value is -2.18. The third-order valence-electron chi connectivity index (χ3n) is 3.90. The number of aromatic amines is 1. The number of aromatic nitrogens is 3. The predicted octanol–water partition coefficient (Wildman–Crippen LogP) is 4.00. The summed E-state index contributed by atoms with van der Waals surface area (Å²) in [7, 11) is -1.71. The van der Waals surface area contributed by atoms with Crippen LogP contribution < -0.4 is 14.2 Å². The summed E-state index contributed by atoms with van der Waals surface area (Å²) < 4.78 is 64.1. The van der Waals surface area contributed by atoms with Crippen molar-refractivity contribution in [1.29, 1.82) is 0 Å². The Balaban J connectivity index is 2.04. The molecule has 0 radical (unpaired) electrons. The molecule has 13 heteroatoms. The molecule has 8 nitrogen and oxygen atoms in total. The lowest BCUT2D eigenvalue weighted by Gasteiger charge is -2.13. The SMILES string of the molecule is COc1nc(NS(=O)(=O)c2c[nH]c3c(Br)c(Cl)ccc23)nc(OC)c1CC(F)F. The number of methoxy groups -OCH3 is 2. The van der Waals surface area contributed by atoms with Crippen molar-refractivity contribution in [2.75, 3.05) is 18.9 Å².